The van der Waals surface area contributed by atoms with E-state index in [2.05, 4.69) is 5.16 Å². The van der Waals surface area contributed by atoms with E-state index in [4.69, 9.17) is 15.0 Å². The molecule has 2 N–H and O–H groups in total. The molecule has 0 radical (unpaired) electrons. The van der Waals surface area contributed by atoms with E-state index in [-0.39, 0.29) is 0 Å². The summed E-state index contributed by atoms with van der Waals surface area (Å²) in [6.07, 6.45) is 2.42. The maximum atomic E-state index is 5.53. The van der Waals surface area contributed by atoms with Crippen LogP contribution in [0.15, 0.2) is 41.1 Å². The third-order valence-electron chi connectivity index (χ3n) is 2.23. The fraction of sp³-hybridized carbons (Fsp3) is 0.250. The molecular formula is C12H14N2O2. The van der Waals surface area contributed by atoms with Crippen molar-refractivity contribution in [1.29, 1.82) is 0 Å². The molecule has 0 spiro atoms. The van der Waals surface area contributed by atoms with Gasteiger partial charge in [0, 0.05) is 6.07 Å². The molecule has 0 aliphatic rings. The Labute approximate surface area is 94.0 Å². The van der Waals surface area contributed by atoms with Gasteiger partial charge in [-0.15, -0.1) is 0 Å². The van der Waals surface area contributed by atoms with E-state index >= 15 is 0 Å². The van der Waals surface area contributed by atoms with Crippen LogP contribution < -0.4 is 10.5 Å². The first-order valence-corrected chi connectivity index (χ1v) is 5.19. The molecular weight excluding hydrogens is 204 g/mol. The summed E-state index contributed by atoms with van der Waals surface area (Å²) < 4.78 is 10.2. The van der Waals surface area contributed by atoms with Crippen LogP contribution in [0.3, 0.4) is 0 Å². The van der Waals surface area contributed by atoms with Crippen LogP contribution in [0.25, 0.3) is 0 Å². The third-order valence-corrected chi connectivity index (χ3v) is 2.23. The molecule has 1 heterocycles. The first kappa shape index (κ1) is 10.7. The topological polar surface area (TPSA) is 61.3 Å². The highest BCUT2D eigenvalue weighted by atomic mass is 16.5. The Morgan fingerprint density at radius 3 is 2.62 bits per heavy atom. The SMILES string of the molecule is NCCc1ccc(OCc2ccon2)cc1. The van der Waals surface area contributed by atoms with Gasteiger partial charge in [-0.05, 0) is 30.7 Å². The number of ether oxygens (including phenoxy) is 1. The van der Waals surface area contributed by atoms with E-state index in [0.717, 1.165) is 17.9 Å². The molecule has 16 heavy (non-hydrogen) atoms. The molecule has 4 nitrogen and oxygen atoms in total. The summed E-state index contributed by atoms with van der Waals surface area (Å²) in [6, 6.07) is 9.69. The van der Waals surface area contributed by atoms with Gasteiger partial charge >= 0.3 is 0 Å². The molecule has 0 atom stereocenters. The van der Waals surface area contributed by atoms with Crippen molar-refractivity contribution >= 4 is 0 Å². The van der Waals surface area contributed by atoms with E-state index < -0.39 is 0 Å². The van der Waals surface area contributed by atoms with Crippen LogP contribution in [0.4, 0.5) is 0 Å². The van der Waals surface area contributed by atoms with Crippen molar-refractivity contribution in [3.05, 3.63) is 47.9 Å². The standard InChI is InChI=1S/C12H14N2O2/c13-7-5-10-1-3-12(4-2-10)15-9-11-6-8-16-14-11/h1-4,6,8H,5,7,9,13H2. The number of benzene rings is 1. The normalized spacial score (nSPS) is 10.3. The average Bonchev–Trinajstić information content (AvgIpc) is 2.82. The second kappa shape index (κ2) is 5.32. The number of nitrogens with zero attached hydrogens (tertiary/aromatic N) is 1. The van der Waals surface area contributed by atoms with Crippen molar-refractivity contribution in [3.63, 3.8) is 0 Å². The lowest BCUT2D eigenvalue weighted by Crippen LogP contribution is -2.02. The highest BCUT2D eigenvalue weighted by Crippen LogP contribution is 2.13. The summed E-state index contributed by atoms with van der Waals surface area (Å²) in [6.45, 7) is 1.09. The third kappa shape index (κ3) is 2.84. The Balaban J connectivity index is 1.90. The zero-order valence-electron chi connectivity index (χ0n) is 8.93. The van der Waals surface area contributed by atoms with E-state index in [1.807, 2.05) is 24.3 Å². The molecule has 2 rings (SSSR count). The Kier molecular flexibility index (Phi) is 3.56. The van der Waals surface area contributed by atoms with Crippen LogP contribution >= 0.6 is 0 Å². The summed E-state index contributed by atoms with van der Waals surface area (Å²) in [7, 11) is 0. The minimum absolute atomic E-state index is 0.423. The molecule has 1 aromatic carbocycles. The van der Waals surface area contributed by atoms with Gasteiger partial charge in [-0.25, -0.2) is 0 Å². The van der Waals surface area contributed by atoms with Gasteiger partial charge in [0.05, 0.1) is 0 Å². The molecule has 0 aliphatic carbocycles. The van der Waals surface area contributed by atoms with Crippen LogP contribution in [0, 0.1) is 0 Å². The summed E-state index contributed by atoms with van der Waals surface area (Å²) >= 11 is 0. The quantitative estimate of drug-likeness (QED) is 0.830. The maximum absolute atomic E-state index is 5.53. The predicted molar refractivity (Wildman–Crippen MR) is 60.0 cm³/mol. The van der Waals surface area contributed by atoms with Crippen molar-refractivity contribution in [1.82, 2.24) is 5.16 Å². The fourth-order valence-electron chi connectivity index (χ4n) is 1.39. The van der Waals surface area contributed by atoms with Gasteiger partial charge < -0.3 is 15.0 Å². The van der Waals surface area contributed by atoms with Crippen molar-refractivity contribution in [2.45, 2.75) is 13.0 Å². The minimum Gasteiger partial charge on any atom is -0.487 e. The van der Waals surface area contributed by atoms with E-state index in [0.29, 0.717) is 13.2 Å². The zero-order chi connectivity index (χ0) is 11.2. The first-order chi connectivity index (χ1) is 7.88. The van der Waals surface area contributed by atoms with Gasteiger partial charge in [0.2, 0.25) is 0 Å². The fourth-order valence-corrected chi connectivity index (χ4v) is 1.39. The maximum Gasteiger partial charge on any atom is 0.134 e. The highest BCUT2D eigenvalue weighted by Gasteiger charge is 1.98. The molecule has 0 aliphatic heterocycles. The largest absolute Gasteiger partial charge is 0.487 e. The van der Waals surface area contributed by atoms with Crippen molar-refractivity contribution < 1.29 is 9.26 Å². The average molecular weight is 218 g/mol. The zero-order valence-corrected chi connectivity index (χ0v) is 8.93. The van der Waals surface area contributed by atoms with Crippen LogP contribution in [-0.4, -0.2) is 11.7 Å². The Morgan fingerprint density at radius 2 is 2.00 bits per heavy atom. The second-order valence-corrected chi connectivity index (χ2v) is 3.46. The van der Waals surface area contributed by atoms with Gasteiger partial charge in [0.25, 0.3) is 0 Å². The first-order valence-electron chi connectivity index (χ1n) is 5.19. The molecule has 0 saturated carbocycles. The number of rotatable bonds is 5. The number of hydrogen-bond donors (Lipinski definition) is 1. The summed E-state index contributed by atoms with van der Waals surface area (Å²) in [4.78, 5) is 0. The van der Waals surface area contributed by atoms with Crippen molar-refractivity contribution in [2.75, 3.05) is 6.54 Å². The Morgan fingerprint density at radius 1 is 1.19 bits per heavy atom. The molecule has 4 heteroatoms. The predicted octanol–water partition coefficient (Wildman–Crippen LogP) is 1.75. The lowest BCUT2D eigenvalue weighted by molar-refractivity contribution is 0.289. The molecule has 0 amide bonds. The summed E-state index contributed by atoms with van der Waals surface area (Å²) in [5.74, 6) is 0.823. The molecule has 1 aromatic heterocycles. The van der Waals surface area contributed by atoms with Crippen LogP contribution in [0.1, 0.15) is 11.3 Å². The lowest BCUT2D eigenvalue weighted by Gasteiger charge is -2.04. The van der Waals surface area contributed by atoms with Crippen LogP contribution in [-0.2, 0) is 13.0 Å². The Hall–Kier alpha value is -1.81. The lowest BCUT2D eigenvalue weighted by atomic mass is 10.1. The van der Waals surface area contributed by atoms with E-state index in [9.17, 15) is 0 Å². The van der Waals surface area contributed by atoms with E-state index in [1.165, 1.54) is 11.8 Å². The smallest absolute Gasteiger partial charge is 0.134 e. The Bertz CT molecular complexity index is 409. The monoisotopic (exact) mass is 218 g/mol. The minimum atomic E-state index is 0.423. The second-order valence-electron chi connectivity index (χ2n) is 3.46. The molecule has 84 valence electrons. The molecule has 2 aromatic rings. The van der Waals surface area contributed by atoms with Gasteiger partial charge in [-0.2, -0.15) is 0 Å². The number of aromatic nitrogens is 1. The van der Waals surface area contributed by atoms with Crippen LogP contribution in [0.5, 0.6) is 5.75 Å². The summed E-state index contributed by atoms with van der Waals surface area (Å²) in [5.41, 5.74) is 7.47. The van der Waals surface area contributed by atoms with Gasteiger partial charge in [-0.3, -0.25) is 0 Å². The molecule has 0 fully saturated rings. The molecule has 0 saturated heterocycles. The molecule has 0 unspecified atom stereocenters. The summed E-state index contributed by atoms with van der Waals surface area (Å²) in [5, 5.41) is 3.76. The number of hydrogen-bond acceptors (Lipinski definition) is 4. The van der Waals surface area contributed by atoms with Gasteiger partial charge in [0.1, 0.15) is 24.3 Å². The number of nitrogens with two attached hydrogens (primary N) is 1. The molecule has 0 bridgehead atoms. The van der Waals surface area contributed by atoms with Gasteiger partial charge in [-0.1, -0.05) is 17.3 Å². The van der Waals surface area contributed by atoms with Gasteiger partial charge in [0.15, 0.2) is 0 Å². The van der Waals surface area contributed by atoms with Crippen molar-refractivity contribution in [3.8, 4) is 5.75 Å². The van der Waals surface area contributed by atoms with Crippen molar-refractivity contribution in [2.24, 2.45) is 5.73 Å². The van der Waals surface area contributed by atoms with Crippen LogP contribution in [0.2, 0.25) is 0 Å². The highest BCUT2D eigenvalue weighted by molar-refractivity contribution is 5.27. The van der Waals surface area contributed by atoms with E-state index in [1.54, 1.807) is 6.07 Å².